The maximum absolute atomic E-state index is 11.2. The zero-order chi connectivity index (χ0) is 13.4. The molecule has 0 radical (unpaired) electrons. The largest absolute Gasteiger partial charge is 0.397 e. The van der Waals surface area contributed by atoms with Crippen molar-refractivity contribution in [3.8, 4) is 0 Å². The summed E-state index contributed by atoms with van der Waals surface area (Å²) < 4.78 is 0. The van der Waals surface area contributed by atoms with Crippen molar-refractivity contribution in [1.82, 2.24) is 0 Å². The molecule has 1 aromatic rings. The number of rotatable bonds is 4. The van der Waals surface area contributed by atoms with Gasteiger partial charge in [-0.3, -0.25) is 4.79 Å². The number of nitrogen functional groups attached to an aromatic ring is 1. The van der Waals surface area contributed by atoms with Crippen LogP contribution in [-0.2, 0) is 0 Å². The van der Waals surface area contributed by atoms with Gasteiger partial charge in [-0.1, -0.05) is 6.42 Å². The molecule has 4 nitrogen and oxygen atoms in total. The number of primary amides is 1. The smallest absolute Gasteiger partial charge is 0.248 e. The van der Waals surface area contributed by atoms with Crippen molar-refractivity contribution >= 4 is 17.3 Å². The number of nitrogens with two attached hydrogens (primary N) is 2. The van der Waals surface area contributed by atoms with E-state index in [2.05, 4.69) is 5.32 Å². The second kappa shape index (κ2) is 4.76. The number of anilines is 2. The lowest BCUT2D eigenvalue weighted by molar-refractivity contribution is 0.100. The number of amides is 1. The SMILES string of the molecule is NC(=O)c1ccc(N)c(NCC2CC3CCC2C3)c1. The Balaban J connectivity index is 1.66. The summed E-state index contributed by atoms with van der Waals surface area (Å²) in [6.45, 7) is 0.952. The molecular weight excluding hydrogens is 238 g/mol. The molecule has 4 heteroatoms. The van der Waals surface area contributed by atoms with Crippen molar-refractivity contribution in [2.45, 2.75) is 25.7 Å². The Labute approximate surface area is 113 Å². The molecule has 1 amide bonds. The lowest BCUT2D eigenvalue weighted by atomic mass is 9.89. The number of nitrogens with one attached hydrogen (secondary N) is 1. The number of carbonyl (C=O) groups is 1. The summed E-state index contributed by atoms with van der Waals surface area (Å²) >= 11 is 0. The van der Waals surface area contributed by atoms with E-state index >= 15 is 0 Å². The molecule has 2 bridgehead atoms. The molecule has 102 valence electrons. The van der Waals surface area contributed by atoms with Crippen molar-refractivity contribution in [3.05, 3.63) is 23.8 Å². The van der Waals surface area contributed by atoms with Gasteiger partial charge in [0, 0.05) is 12.1 Å². The highest BCUT2D eigenvalue weighted by molar-refractivity contribution is 5.94. The first-order valence-corrected chi connectivity index (χ1v) is 7.06. The molecule has 2 saturated carbocycles. The van der Waals surface area contributed by atoms with Crippen LogP contribution in [0.3, 0.4) is 0 Å². The lowest BCUT2D eigenvalue weighted by Gasteiger charge is -2.23. The van der Waals surface area contributed by atoms with E-state index in [1.165, 1.54) is 25.7 Å². The Hall–Kier alpha value is -1.71. The molecule has 0 aromatic heterocycles. The van der Waals surface area contributed by atoms with Gasteiger partial charge in [0.2, 0.25) is 5.91 Å². The summed E-state index contributed by atoms with van der Waals surface area (Å²) in [6.07, 6.45) is 5.55. The molecule has 0 spiro atoms. The molecule has 3 rings (SSSR count). The Morgan fingerprint density at radius 3 is 2.79 bits per heavy atom. The minimum atomic E-state index is -0.414. The van der Waals surface area contributed by atoms with Gasteiger partial charge in [0.1, 0.15) is 0 Å². The van der Waals surface area contributed by atoms with E-state index in [1.54, 1.807) is 18.2 Å². The van der Waals surface area contributed by atoms with E-state index in [0.717, 1.165) is 30.0 Å². The van der Waals surface area contributed by atoms with Gasteiger partial charge in [-0.05, 0) is 55.2 Å². The molecule has 2 aliphatic rings. The Bertz CT molecular complexity index is 500. The molecule has 1 aromatic carbocycles. The minimum absolute atomic E-state index is 0.414. The van der Waals surface area contributed by atoms with E-state index < -0.39 is 5.91 Å². The zero-order valence-electron chi connectivity index (χ0n) is 11.1. The first kappa shape index (κ1) is 12.3. The van der Waals surface area contributed by atoms with Crippen LogP contribution in [0.5, 0.6) is 0 Å². The second-order valence-corrected chi connectivity index (χ2v) is 5.98. The van der Waals surface area contributed by atoms with Gasteiger partial charge in [0.15, 0.2) is 0 Å². The predicted octanol–water partition coefficient (Wildman–Crippen LogP) is 2.22. The summed E-state index contributed by atoms with van der Waals surface area (Å²) in [5.74, 6) is 2.18. The third-order valence-electron chi connectivity index (χ3n) is 4.78. The molecule has 0 saturated heterocycles. The van der Waals surface area contributed by atoms with Crippen molar-refractivity contribution < 1.29 is 4.79 Å². The number of benzene rings is 1. The predicted molar refractivity (Wildman–Crippen MR) is 76.8 cm³/mol. The highest BCUT2D eigenvalue weighted by Gasteiger charge is 2.39. The van der Waals surface area contributed by atoms with Crippen LogP contribution in [0, 0.1) is 17.8 Å². The zero-order valence-corrected chi connectivity index (χ0v) is 11.1. The summed E-state index contributed by atoms with van der Waals surface area (Å²) in [5, 5.41) is 3.40. The highest BCUT2D eigenvalue weighted by Crippen LogP contribution is 2.48. The molecule has 3 unspecified atom stereocenters. The molecule has 2 fully saturated rings. The van der Waals surface area contributed by atoms with Crippen LogP contribution in [0.2, 0.25) is 0 Å². The number of fused-ring (bicyclic) bond motifs is 2. The quantitative estimate of drug-likeness (QED) is 0.725. The number of carbonyl (C=O) groups excluding carboxylic acids is 1. The Kier molecular flexibility index (Phi) is 3.09. The van der Waals surface area contributed by atoms with Crippen LogP contribution < -0.4 is 16.8 Å². The molecular formula is C15H21N3O. The first-order chi connectivity index (χ1) is 9.13. The van der Waals surface area contributed by atoms with Gasteiger partial charge in [-0.2, -0.15) is 0 Å². The first-order valence-electron chi connectivity index (χ1n) is 7.06. The van der Waals surface area contributed by atoms with Gasteiger partial charge in [-0.25, -0.2) is 0 Å². The van der Waals surface area contributed by atoms with E-state index in [-0.39, 0.29) is 0 Å². The normalized spacial score (nSPS) is 28.5. The van der Waals surface area contributed by atoms with Crippen LogP contribution in [0.1, 0.15) is 36.0 Å². The van der Waals surface area contributed by atoms with Gasteiger partial charge in [0.25, 0.3) is 0 Å². The second-order valence-electron chi connectivity index (χ2n) is 5.98. The van der Waals surface area contributed by atoms with Crippen molar-refractivity contribution in [1.29, 1.82) is 0 Å². The van der Waals surface area contributed by atoms with E-state index in [9.17, 15) is 4.79 Å². The molecule has 19 heavy (non-hydrogen) atoms. The average Bonchev–Trinajstić information content (AvgIpc) is 2.99. The third-order valence-corrected chi connectivity index (χ3v) is 4.78. The maximum atomic E-state index is 11.2. The van der Waals surface area contributed by atoms with Gasteiger partial charge in [-0.15, -0.1) is 0 Å². The van der Waals surface area contributed by atoms with Crippen molar-refractivity contribution in [3.63, 3.8) is 0 Å². The molecule has 5 N–H and O–H groups in total. The van der Waals surface area contributed by atoms with Gasteiger partial charge in [0.05, 0.1) is 11.4 Å². The Morgan fingerprint density at radius 2 is 2.16 bits per heavy atom. The monoisotopic (exact) mass is 259 g/mol. The van der Waals surface area contributed by atoms with E-state index in [1.807, 2.05) is 0 Å². The maximum Gasteiger partial charge on any atom is 0.248 e. The fourth-order valence-electron chi connectivity index (χ4n) is 3.73. The van der Waals surface area contributed by atoms with Crippen LogP contribution >= 0.6 is 0 Å². The summed E-state index contributed by atoms with van der Waals surface area (Å²) in [5.41, 5.74) is 13.2. The van der Waals surface area contributed by atoms with Crippen LogP contribution in [0.25, 0.3) is 0 Å². The van der Waals surface area contributed by atoms with Crippen molar-refractivity contribution in [2.24, 2.45) is 23.5 Å². The fourth-order valence-corrected chi connectivity index (χ4v) is 3.73. The molecule has 0 aliphatic heterocycles. The summed E-state index contributed by atoms with van der Waals surface area (Å²) in [6, 6.07) is 5.16. The van der Waals surface area contributed by atoms with E-state index in [4.69, 9.17) is 11.5 Å². The van der Waals surface area contributed by atoms with Crippen LogP contribution in [0.4, 0.5) is 11.4 Å². The van der Waals surface area contributed by atoms with Crippen LogP contribution in [0.15, 0.2) is 18.2 Å². The third kappa shape index (κ3) is 2.39. The number of hydrogen-bond acceptors (Lipinski definition) is 3. The lowest BCUT2D eigenvalue weighted by Crippen LogP contribution is -2.21. The van der Waals surface area contributed by atoms with Gasteiger partial charge < -0.3 is 16.8 Å². The standard InChI is InChI=1S/C15H21N3O/c16-13-4-3-11(15(17)19)7-14(13)18-8-12-6-9-1-2-10(12)5-9/h3-4,7,9-10,12,18H,1-2,5-6,8,16H2,(H2,17,19). The Morgan fingerprint density at radius 1 is 1.32 bits per heavy atom. The highest BCUT2D eigenvalue weighted by atomic mass is 16.1. The van der Waals surface area contributed by atoms with Gasteiger partial charge >= 0.3 is 0 Å². The fraction of sp³-hybridized carbons (Fsp3) is 0.533. The van der Waals surface area contributed by atoms with Crippen molar-refractivity contribution in [2.75, 3.05) is 17.6 Å². The minimum Gasteiger partial charge on any atom is -0.397 e. The topological polar surface area (TPSA) is 81.1 Å². The summed E-state index contributed by atoms with van der Waals surface area (Å²) in [7, 11) is 0. The average molecular weight is 259 g/mol. The van der Waals surface area contributed by atoms with E-state index in [0.29, 0.717) is 11.3 Å². The number of hydrogen-bond donors (Lipinski definition) is 3. The molecule has 3 atom stereocenters. The summed E-state index contributed by atoms with van der Waals surface area (Å²) in [4.78, 5) is 11.2. The molecule has 0 heterocycles. The molecule has 2 aliphatic carbocycles. The van der Waals surface area contributed by atoms with Crippen LogP contribution in [-0.4, -0.2) is 12.5 Å².